The van der Waals surface area contributed by atoms with E-state index in [1.807, 2.05) is 10.8 Å². The van der Waals surface area contributed by atoms with E-state index in [0.29, 0.717) is 26.4 Å². The Hall–Kier alpha value is -3.16. The SMILES string of the molecule is Cn1c2ccc(-c3scc4c3OCCO4)cc2c2cc(-c3scc4c3OCCO4)ccc21. The molecule has 2 aromatic carbocycles. The molecule has 2 aliphatic heterocycles. The molecule has 0 aliphatic carbocycles. The minimum Gasteiger partial charge on any atom is -0.485 e. The van der Waals surface area contributed by atoms with Gasteiger partial charge in [0, 0.05) is 39.6 Å². The molecule has 2 aliphatic rings. The van der Waals surface area contributed by atoms with E-state index in [2.05, 4.69) is 48.0 Å². The molecule has 0 bridgehead atoms. The lowest BCUT2D eigenvalue weighted by Crippen LogP contribution is -2.14. The van der Waals surface area contributed by atoms with Crippen LogP contribution in [0.1, 0.15) is 0 Å². The summed E-state index contributed by atoms with van der Waals surface area (Å²) in [5.74, 6) is 3.43. The summed E-state index contributed by atoms with van der Waals surface area (Å²) >= 11 is 3.34. The molecule has 160 valence electrons. The van der Waals surface area contributed by atoms with Crippen LogP contribution in [0.4, 0.5) is 0 Å². The van der Waals surface area contributed by atoms with Crippen molar-refractivity contribution >= 4 is 44.5 Å². The molecule has 0 fully saturated rings. The summed E-state index contributed by atoms with van der Waals surface area (Å²) in [7, 11) is 2.12. The Morgan fingerprint density at radius 1 is 0.656 bits per heavy atom. The summed E-state index contributed by atoms with van der Waals surface area (Å²) in [5.41, 5.74) is 4.71. The number of rotatable bonds is 2. The zero-order chi connectivity index (χ0) is 21.2. The second kappa shape index (κ2) is 6.92. The standard InChI is InChI=1S/C25H19NO4S2/c1-26-18-4-2-14(24-22-20(12-31-24)27-6-8-29-22)10-16(18)17-11-15(3-5-19(17)26)25-23-21(13-32-25)28-7-9-30-23/h2-5,10-13H,6-9H2,1H3. The Bertz CT molecular complexity index is 1400. The Labute approximate surface area is 192 Å². The van der Waals surface area contributed by atoms with Crippen LogP contribution in [0.5, 0.6) is 23.0 Å². The molecule has 0 spiro atoms. The first-order chi connectivity index (χ1) is 15.8. The second-order valence-corrected chi connectivity index (χ2v) is 9.69. The maximum atomic E-state index is 5.93. The molecule has 0 atom stereocenters. The van der Waals surface area contributed by atoms with Crippen LogP contribution in [0, 0.1) is 0 Å². The number of aromatic nitrogens is 1. The normalized spacial score (nSPS) is 14.9. The molecule has 5 heterocycles. The minimum absolute atomic E-state index is 0.591. The largest absolute Gasteiger partial charge is 0.485 e. The lowest BCUT2D eigenvalue weighted by atomic mass is 10.1. The molecule has 0 radical (unpaired) electrons. The van der Waals surface area contributed by atoms with Gasteiger partial charge >= 0.3 is 0 Å². The Morgan fingerprint density at radius 2 is 1.12 bits per heavy atom. The summed E-state index contributed by atoms with van der Waals surface area (Å²) in [5, 5.41) is 6.53. The molecule has 5 aromatic rings. The predicted molar refractivity (Wildman–Crippen MR) is 129 cm³/mol. The first-order valence-corrected chi connectivity index (χ1v) is 12.3. The van der Waals surface area contributed by atoms with Crippen LogP contribution < -0.4 is 18.9 Å². The first kappa shape index (κ1) is 18.4. The third-order valence-electron chi connectivity index (χ3n) is 6.13. The number of fused-ring (bicyclic) bond motifs is 5. The molecular weight excluding hydrogens is 442 g/mol. The first-order valence-electron chi connectivity index (χ1n) is 10.5. The third-order valence-corrected chi connectivity index (χ3v) is 8.11. The molecule has 0 saturated carbocycles. The van der Waals surface area contributed by atoms with E-state index in [1.54, 1.807) is 22.7 Å². The van der Waals surface area contributed by atoms with E-state index < -0.39 is 0 Å². The Morgan fingerprint density at radius 3 is 1.62 bits per heavy atom. The van der Waals surface area contributed by atoms with Gasteiger partial charge in [0.15, 0.2) is 23.0 Å². The van der Waals surface area contributed by atoms with Crippen molar-refractivity contribution in [1.82, 2.24) is 4.57 Å². The van der Waals surface area contributed by atoms with Crippen molar-refractivity contribution < 1.29 is 18.9 Å². The van der Waals surface area contributed by atoms with Gasteiger partial charge in [-0.25, -0.2) is 0 Å². The molecule has 0 unspecified atom stereocenters. The van der Waals surface area contributed by atoms with Gasteiger partial charge in [-0.1, -0.05) is 12.1 Å². The fourth-order valence-corrected chi connectivity index (χ4v) is 6.48. The van der Waals surface area contributed by atoms with Crippen molar-refractivity contribution in [2.24, 2.45) is 7.05 Å². The molecule has 7 rings (SSSR count). The molecule has 32 heavy (non-hydrogen) atoms. The number of thiophene rings is 2. The van der Waals surface area contributed by atoms with Gasteiger partial charge in [0.25, 0.3) is 0 Å². The number of hydrogen-bond donors (Lipinski definition) is 0. The van der Waals surface area contributed by atoms with Crippen molar-refractivity contribution in [2.45, 2.75) is 0 Å². The lowest BCUT2D eigenvalue weighted by molar-refractivity contribution is 0.174. The van der Waals surface area contributed by atoms with Crippen molar-refractivity contribution in [3.8, 4) is 43.9 Å². The summed E-state index contributed by atoms with van der Waals surface area (Å²) in [4.78, 5) is 2.24. The zero-order valence-corrected chi connectivity index (χ0v) is 19.0. The second-order valence-electron chi connectivity index (χ2n) is 7.93. The lowest BCUT2D eigenvalue weighted by Gasteiger charge is -2.16. The van der Waals surface area contributed by atoms with Gasteiger partial charge in [-0.2, -0.15) is 0 Å². The topological polar surface area (TPSA) is 41.9 Å². The summed E-state index contributed by atoms with van der Waals surface area (Å²) in [6.45, 7) is 2.39. The van der Waals surface area contributed by atoms with Gasteiger partial charge in [-0.3, -0.25) is 0 Å². The molecule has 0 N–H and O–H groups in total. The number of aryl methyl sites for hydroxylation is 1. The van der Waals surface area contributed by atoms with Gasteiger partial charge in [0.1, 0.15) is 26.4 Å². The van der Waals surface area contributed by atoms with Crippen molar-refractivity contribution in [2.75, 3.05) is 26.4 Å². The fourth-order valence-electron chi connectivity index (χ4n) is 4.62. The van der Waals surface area contributed by atoms with Gasteiger partial charge in [-0.05, 0) is 35.4 Å². The monoisotopic (exact) mass is 461 g/mol. The van der Waals surface area contributed by atoms with Gasteiger partial charge in [0.05, 0.1) is 9.75 Å². The van der Waals surface area contributed by atoms with E-state index in [1.165, 1.54) is 21.8 Å². The minimum atomic E-state index is 0.591. The quantitative estimate of drug-likeness (QED) is 0.308. The van der Waals surface area contributed by atoms with E-state index in [9.17, 15) is 0 Å². The molecule has 7 heteroatoms. The smallest absolute Gasteiger partial charge is 0.179 e. The highest BCUT2D eigenvalue weighted by Crippen LogP contribution is 2.48. The fraction of sp³-hybridized carbons (Fsp3) is 0.200. The zero-order valence-electron chi connectivity index (χ0n) is 17.3. The highest BCUT2D eigenvalue weighted by Gasteiger charge is 2.22. The molecule has 0 saturated heterocycles. The highest BCUT2D eigenvalue weighted by atomic mass is 32.1. The number of nitrogens with zero attached hydrogens (tertiary/aromatic N) is 1. The van der Waals surface area contributed by atoms with Crippen LogP contribution in [0.2, 0.25) is 0 Å². The van der Waals surface area contributed by atoms with Crippen LogP contribution in [-0.4, -0.2) is 31.0 Å². The average Bonchev–Trinajstić information content (AvgIpc) is 3.53. The summed E-state index contributed by atoms with van der Waals surface area (Å²) < 4.78 is 25.6. The molecule has 3 aromatic heterocycles. The van der Waals surface area contributed by atoms with Gasteiger partial charge < -0.3 is 23.5 Å². The van der Waals surface area contributed by atoms with E-state index in [0.717, 1.165) is 43.9 Å². The van der Waals surface area contributed by atoms with Gasteiger partial charge in [-0.15, -0.1) is 22.7 Å². The highest BCUT2D eigenvalue weighted by molar-refractivity contribution is 7.14. The predicted octanol–water partition coefficient (Wildman–Crippen LogP) is 6.33. The van der Waals surface area contributed by atoms with Crippen LogP contribution >= 0.6 is 22.7 Å². The third kappa shape index (κ3) is 2.61. The Kier molecular flexibility index (Phi) is 3.98. The van der Waals surface area contributed by atoms with Crippen LogP contribution in [0.25, 0.3) is 42.7 Å². The molecule has 5 nitrogen and oxygen atoms in total. The van der Waals surface area contributed by atoms with Gasteiger partial charge in [0.2, 0.25) is 0 Å². The van der Waals surface area contributed by atoms with Crippen LogP contribution in [0.3, 0.4) is 0 Å². The van der Waals surface area contributed by atoms with E-state index >= 15 is 0 Å². The number of benzene rings is 2. The van der Waals surface area contributed by atoms with E-state index in [4.69, 9.17) is 18.9 Å². The summed E-state index contributed by atoms with van der Waals surface area (Å²) in [6.07, 6.45) is 0. The maximum absolute atomic E-state index is 5.93. The van der Waals surface area contributed by atoms with Crippen molar-refractivity contribution in [3.63, 3.8) is 0 Å². The van der Waals surface area contributed by atoms with E-state index in [-0.39, 0.29) is 0 Å². The number of ether oxygens (including phenoxy) is 4. The van der Waals surface area contributed by atoms with Crippen LogP contribution in [-0.2, 0) is 7.05 Å². The van der Waals surface area contributed by atoms with Crippen molar-refractivity contribution in [3.05, 3.63) is 47.2 Å². The molecular formula is C25H19NO4S2. The number of hydrogen-bond acceptors (Lipinski definition) is 6. The maximum Gasteiger partial charge on any atom is 0.179 e. The van der Waals surface area contributed by atoms with Crippen molar-refractivity contribution in [1.29, 1.82) is 0 Å². The van der Waals surface area contributed by atoms with Crippen LogP contribution in [0.15, 0.2) is 47.2 Å². The Balaban J connectivity index is 1.41. The molecule has 0 amide bonds. The summed E-state index contributed by atoms with van der Waals surface area (Å²) in [6, 6.07) is 13.3. The average molecular weight is 462 g/mol.